The van der Waals surface area contributed by atoms with Crippen molar-refractivity contribution in [3.63, 3.8) is 0 Å². The van der Waals surface area contributed by atoms with Crippen LogP contribution in [0.3, 0.4) is 0 Å². The van der Waals surface area contributed by atoms with Gasteiger partial charge in [-0.15, -0.1) is 0 Å². The summed E-state index contributed by atoms with van der Waals surface area (Å²) in [5.41, 5.74) is 0.864. The van der Waals surface area contributed by atoms with Gasteiger partial charge in [0.1, 0.15) is 5.70 Å². The van der Waals surface area contributed by atoms with Gasteiger partial charge in [0.25, 0.3) is 11.8 Å². The van der Waals surface area contributed by atoms with Crippen LogP contribution >= 0.6 is 11.6 Å². The van der Waals surface area contributed by atoms with Gasteiger partial charge in [-0.1, -0.05) is 35.9 Å². The minimum atomic E-state index is -0.510. The highest BCUT2D eigenvalue weighted by atomic mass is 35.5. The molecule has 1 aliphatic heterocycles. The quantitative estimate of drug-likeness (QED) is 0.480. The lowest BCUT2D eigenvalue weighted by molar-refractivity contribution is 0.0675. The Kier molecular flexibility index (Phi) is 4.42. The number of nitrogens with zero attached hydrogens (tertiary/aromatic N) is 2. The highest BCUT2D eigenvalue weighted by molar-refractivity contribution is 6.31. The number of fused-ring (bicyclic) bond motifs is 1. The van der Waals surface area contributed by atoms with Crippen LogP contribution in [0.5, 0.6) is 0 Å². The third kappa shape index (κ3) is 3.06. The van der Waals surface area contributed by atoms with Crippen molar-refractivity contribution in [2.45, 2.75) is 0 Å². The number of halogens is 1. The van der Waals surface area contributed by atoms with Gasteiger partial charge in [-0.2, -0.15) is 0 Å². The average Bonchev–Trinajstić information content (AvgIpc) is 2.84. The minimum absolute atomic E-state index is 0.0153. The molecule has 0 saturated heterocycles. The summed E-state index contributed by atoms with van der Waals surface area (Å²) in [5, 5.41) is 0.400. The summed E-state index contributed by atoms with van der Waals surface area (Å²) in [5.74, 6) is -1.47. The summed E-state index contributed by atoms with van der Waals surface area (Å²) in [6.07, 6.45) is 1.46. The average molecular weight is 355 g/mol. The molecule has 0 radical (unpaired) electrons. The summed E-state index contributed by atoms with van der Waals surface area (Å²) in [6.45, 7) is 0. The predicted octanol–water partition coefficient (Wildman–Crippen LogP) is 3.22. The van der Waals surface area contributed by atoms with Crippen LogP contribution in [-0.4, -0.2) is 41.5 Å². The van der Waals surface area contributed by atoms with Crippen molar-refractivity contribution in [1.82, 2.24) is 9.80 Å². The van der Waals surface area contributed by atoms with E-state index in [9.17, 15) is 14.4 Å². The van der Waals surface area contributed by atoms with Crippen molar-refractivity contribution in [3.05, 3.63) is 82.1 Å². The number of carbonyl (C=O) groups excluding carboxylic acids is 3. The predicted molar refractivity (Wildman–Crippen MR) is 94.5 cm³/mol. The van der Waals surface area contributed by atoms with Crippen LogP contribution in [0, 0.1) is 0 Å². The largest absolute Gasteiger partial charge is 0.382 e. The van der Waals surface area contributed by atoms with E-state index in [0.717, 1.165) is 4.90 Å². The Morgan fingerprint density at radius 1 is 1.00 bits per heavy atom. The standard InChI is InChI=1S/C19H15ClN2O3/c1-21(2)11-16(17(23)12-6-5-7-13(20)10-12)22-18(24)14-8-3-4-9-15(14)19(22)25/h3-11H,1-2H3/b16-11-. The van der Waals surface area contributed by atoms with Crippen molar-refractivity contribution in [1.29, 1.82) is 0 Å². The highest BCUT2D eigenvalue weighted by Gasteiger charge is 2.40. The summed E-state index contributed by atoms with van der Waals surface area (Å²) < 4.78 is 0. The first-order valence-corrected chi connectivity index (χ1v) is 7.94. The molecule has 0 aromatic heterocycles. The maximum Gasteiger partial charge on any atom is 0.266 e. The summed E-state index contributed by atoms with van der Waals surface area (Å²) in [4.78, 5) is 40.9. The molecule has 2 aromatic carbocycles. The molecule has 0 unspecified atom stereocenters. The Bertz CT molecular complexity index is 883. The zero-order valence-corrected chi connectivity index (χ0v) is 14.4. The van der Waals surface area contributed by atoms with Gasteiger partial charge < -0.3 is 4.90 Å². The first-order valence-electron chi connectivity index (χ1n) is 7.56. The molecule has 1 heterocycles. The van der Waals surface area contributed by atoms with E-state index in [0.29, 0.717) is 10.6 Å². The summed E-state index contributed by atoms with van der Waals surface area (Å²) in [6, 6.07) is 12.9. The molecule has 25 heavy (non-hydrogen) atoms. The maximum atomic E-state index is 13.0. The fourth-order valence-electron chi connectivity index (χ4n) is 2.65. The van der Waals surface area contributed by atoms with Crippen LogP contribution < -0.4 is 0 Å². The molecule has 2 aromatic rings. The van der Waals surface area contributed by atoms with E-state index in [-0.39, 0.29) is 16.8 Å². The van der Waals surface area contributed by atoms with Gasteiger partial charge in [0.2, 0.25) is 5.78 Å². The fraction of sp³-hybridized carbons (Fsp3) is 0.105. The Hall–Kier alpha value is -2.92. The monoisotopic (exact) mass is 354 g/mol. The lowest BCUT2D eigenvalue weighted by Gasteiger charge is -2.19. The lowest BCUT2D eigenvalue weighted by Crippen LogP contribution is -2.34. The molecule has 0 fully saturated rings. The van der Waals surface area contributed by atoms with E-state index >= 15 is 0 Å². The molecule has 126 valence electrons. The number of Topliss-reactive ketones (excluding diaryl/α,β-unsaturated/α-hetero) is 1. The van der Waals surface area contributed by atoms with E-state index in [1.165, 1.54) is 12.3 Å². The number of allylic oxidation sites excluding steroid dienone is 1. The van der Waals surface area contributed by atoms with Gasteiger partial charge in [-0.05, 0) is 24.3 Å². The number of imide groups is 1. The van der Waals surface area contributed by atoms with E-state index in [1.807, 2.05) is 0 Å². The van der Waals surface area contributed by atoms with Crippen LogP contribution in [0.25, 0.3) is 0 Å². The van der Waals surface area contributed by atoms with Gasteiger partial charge in [0, 0.05) is 30.9 Å². The van der Waals surface area contributed by atoms with Crippen LogP contribution in [0.4, 0.5) is 0 Å². The summed E-state index contributed by atoms with van der Waals surface area (Å²) in [7, 11) is 3.42. The van der Waals surface area contributed by atoms with Gasteiger partial charge in [-0.25, -0.2) is 4.90 Å². The molecule has 0 bridgehead atoms. The summed E-state index contributed by atoms with van der Waals surface area (Å²) >= 11 is 5.96. The molecule has 0 atom stereocenters. The maximum absolute atomic E-state index is 13.0. The fourth-order valence-corrected chi connectivity index (χ4v) is 2.84. The molecular formula is C19H15ClN2O3. The number of amides is 2. The minimum Gasteiger partial charge on any atom is -0.382 e. The first kappa shape index (κ1) is 16.9. The molecule has 2 amide bonds. The van der Waals surface area contributed by atoms with Crippen molar-refractivity contribution < 1.29 is 14.4 Å². The van der Waals surface area contributed by atoms with Crippen LogP contribution in [0.2, 0.25) is 5.02 Å². The van der Waals surface area contributed by atoms with Gasteiger partial charge in [0.05, 0.1) is 11.1 Å². The van der Waals surface area contributed by atoms with E-state index in [1.54, 1.807) is 61.5 Å². The molecule has 1 aliphatic rings. The second-order valence-electron chi connectivity index (χ2n) is 5.81. The van der Waals surface area contributed by atoms with Gasteiger partial charge >= 0.3 is 0 Å². The Balaban J connectivity index is 2.08. The number of carbonyl (C=O) groups is 3. The number of hydrogen-bond donors (Lipinski definition) is 0. The van der Waals surface area contributed by atoms with Crippen molar-refractivity contribution >= 4 is 29.2 Å². The van der Waals surface area contributed by atoms with Gasteiger partial charge in [0.15, 0.2) is 0 Å². The molecule has 0 aliphatic carbocycles. The lowest BCUT2D eigenvalue weighted by atomic mass is 10.1. The van der Waals surface area contributed by atoms with E-state index in [2.05, 4.69) is 0 Å². The van der Waals surface area contributed by atoms with E-state index < -0.39 is 17.6 Å². The number of hydrogen-bond acceptors (Lipinski definition) is 4. The van der Waals surface area contributed by atoms with Crippen LogP contribution in [-0.2, 0) is 0 Å². The molecule has 3 rings (SSSR count). The third-order valence-electron chi connectivity index (χ3n) is 3.73. The van der Waals surface area contributed by atoms with Crippen LogP contribution in [0.1, 0.15) is 31.1 Å². The zero-order chi connectivity index (χ0) is 18.1. The second kappa shape index (κ2) is 6.53. The Morgan fingerprint density at radius 3 is 2.12 bits per heavy atom. The Morgan fingerprint density at radius 2 is 1.60 bits per heavy atom. The van der Waals surface area contributed by atoms with E-state index in [4.69, 9.17) is 11.6 Å². The van der Waals surface area contributed by atoms with Crippen molar-refractivity contribution in [3.8, 4) is 0 Å². The molecule has 0 spiro atoms. The molecular weight excluding hydrogens is 340 g/mol. The SMILES string of the molecule is CN(C)/C=C(/C(=O)c1cccc(Cl)c1)N1C(=O)c2ccccc2C1=O. The van der Waals surface area contributed by atoms with Gasteiger partial charge in [-0.3, -0.25) is 14.4 Å². The molecule has 6 heteroatoms. The highest BCUT2D eigenvalue weighted by Crippen LogP contribution is 2.28. The number of rotatable bonds is 4. The Labute approximate surface area is 150 Å². The first-order chi connectivity index (χ1) is 11.9. The molecule has 0 saturated carbocycles. The third-order valence-corrected chi connectivity index (χ3v) is 3.97. The number of benzene rings is 2. The molecule has 0 N–H and O–H groups in total. The van der Waals surface area contributed by atoms with Crippen molar-refractivity contribution in [2.75, 3.05) is 14.1 Å². The number of ketones is 1. The van der Waals surface area contributed by atoms with Crippen molar-refractivity contribution in [2.24, 2.45) is 0 Å². The van der Waals surface area contributed by atoms with Crippen LogP contribution in [0.15, 0.2) is 60.4 Å². The smallest absolute Gasteiger partial charge is 0.266 e. The zero-order valence-electron chi connectivity index (χ0n) is 13.7. The molecule has 5 nitrogen and oxygen atoms in total. The second-order valence-corrected chi connectivity index (χ2v) is 6.25. The topological polar surface area (TPSA) is 57.7 Å². The normalized spacial score (nSPS) is 13.9.